The van der Waals surface area contributed by atoms with Gasteiger partial charge in [0, 0.05) is 23.7 Å². The summed E-state index contributed by atoms with van der Waals surface area (Å²) in [5, 5.41) is 2.09. The highest BCUT2D eigenvalue weighted by Crippen LogP contribution is 2.29. The third kappa shape index (κ3) is 3.89. The first kappa shape index (κ1) is 20.0. The van der Waals surface area contributed by atoms with Crippen molar-refractivity contribution in [1.82, 2.24) is 9.38 Å². The molecular weight excluding hydrogens is 398 g/mol. The lowest BCUT2D eigenvalue weighted by atomic mass is 10.1. The first-order valence-corrected chi connectivity index (χ1v) is 10.5. The second-order valence-corrected chi connectivity index (χ2v) is 7.99. The fourth-order valence-corrected chi connectivity index (χ4v) is 4.30. The van der Waals surface area contributed by atoms with Crippen molar-refractivity contribution in [3.63, 3.8) is 0 Å². The molecule has 0 radical (unpaired) electrons. The Balaban J connectivity index is 1.62. The van der Waals surface area contributed by atoms with Gasteiger partial charge in [-0.1, -0.05) is 24.3 Å². The molecule has 0 saturated carbocycles. The van der Waals surface area contributed by atoms with Crippen molar-refractivity contribution in [2.24, 2.45) is 0 Å². The number of thiophene rings is 1. The number of aromatic nitrogens is 2. The van der Waals surface area contributed by atoms with Crippen LogP contribution < -0.4 is 9.64 Å². The lowest BCUT2D eigenvalue weighted by molar-refractivity contribution is 0.0598. The third-order valence-electron chi connectivity index (χ3n) is 4.90. The zero-order valence-corrected chi connectivity index (χ0v) is 18.0. The molecule has 0 unspecified atom stereocenters. The van der Waals surface area contributed by atoms with Crippen LogP contribution in [0.5, 0.6) is 5.75 Å². The van der Waals surface area contributed by atoms with Gasteiger partial charge >= 0.3 is 5.97 Å². The maximum Gasteiger partial charge on any atom is 0.338 e. The van der Waals surface area contributed by atoms with Crippen molar-refractivity contribution in [2.45, 2.75) is 20.1 Å². The van der Waals surface area contributed by atoms with Crippen LogP contribution in [0.2, 0.25) is 0 Å². The summed E-state index contributed by atoms with van der Waals surface area (Å²) in [7, 11) is 3.44. The second kappa shape index (κ2) is 8.59. The molecule has 0 atom stereocenters. The normalized spacial score (nSPS) is 10.9. The lowest BCUT2D eigenvalue weighted by Gasteiger charge is -2.19. The number of esters is 1. The number of methoxy groups -OCH3 is 1. The Bertz CT molecular complexity index is 1170. The van der Waals surface area contributed by atoms with E-state index < -0.39 is 0 Å². The number of imidazole rings is 1. The molecule has 0 aliphatic carbocycles. The molecule has 0 spiro atoms. The van der Waals surface area contributed by atoms with E-state index in [2.05, 4.69) is 29.5 Å². The number of hydrogen-bond acceptors (Lipinski definition) is 6. The van der Waals surface area contributed by atoms with Gasteiger partial charge in [-0.15, -0.1) is 11.3 Å². The molecule has 3 aromatic heterocycles. The number of aryl methyl sites for hydroxylation is 1. The maximum atomic E-state index is 12.0. The molecule has 1 aromatic carbocycles. The van der Waals surface area contributed by atoms with Crippen LogP contribution in [-0.4, -0.2) is 29.5 Å². The Kier molecular flexibility index (Phi) is 5.72. The van der Waals surface area contributed by atoms with Crippen molar-refractivity contribution in [2.75, 3.05) is 19.1 Å². The first-order valence-electron chi connectivity index (χ1n) is 9.58. The standard InChI is InChI=1S/C23H23N3O3S/c1-16-22(25(2)14-18-9-7-13-30-18)26-12-6-11-20(21(26)24-16)29-15-17-8-4-5-10-19(17)23(27)28-3/h4-13H,14-15H2,1-3H3. The predicted molar refractivity (Wildman–Crippen MR) is 118 cm³/mol. The van der Waals surface area contributed by atoms with E-state index >= 15 is 0 Å². The van der Waals surface area contributed by atoms with Gasteiger partial charge in [0.05, 0.1) is 24.9 Å². The van der Waals surface area contributed by atoms with Crippen LogP contribution in [0.1, 0.15) is 26.5 Å². The number of carbonyl (C=O) groups is 1. The van der Waals surface area contributed by atoms with E-state index in [-0.39, 0.29) is 12.6 Å². The number of anilines is 1. The van der Waals surface area contributed by atoms with Crippen molar-refractivity contribution < 1.29 is 14.3 Å². The van der Waals surface area contributed by atoms with Crippen LogP contribution in [0.3, 0.4) is 0 Å². The molecule has 0 aliphatic rings. The first-order chi connectivity index (χ1) is 14.6. The van der Waals surface area contributed by atoms with Crippen LogP contribution in [0.4, 0.5) is 5.82 Å². The number of carbonyl (C=O) groups excluding carboxylic acids is 1. The molecule has 7 heteroatoms. The minimum Gasteiger partial charge on any atom is -0.485 e. The van der Waals surface area contributed by atoms with Crippen LogP contribution in [-0.2, 0) is 17.9 Å². The SMILES string of the molecule is COC(=O)c1ccccc1COc1cccn2c(N(C)Cc3cccs3)c(C)nc12. The van der Waals surface area contributed by atoms with Crippen LogP contribution in [0, 0.1) is 6.92 Å². The summed E-state index contributed by atoms with van der Waals surface area (Å²) in [6, 6.07) is 15.3. The van der Waals surface area contributed by atoms with E-state index in [1.807, 2.05) is 47.9 Å². The van der Waals surface area contributed by atoms with Gasteiger partial charge in [0.1, 0.15) is 12.4 Å². The van der Waals surface area contributed by atoms with Crippen LogP contribution in [0.25, 0.3) is 5.65 Å². The second-order valence-electron chi connectivity index (χ2n) is 6.96. The Hall–Kier alpha value is -3.32. The lowest BCUT2D eigenvalue weighted by Crippen LogP contribution is -2.18. The minimum absolute atomic E-state index is 0.247. The van der Waals surface area contributed by atoms with Gasteiger partial charge in [-0.05, 0) is 36.6 Å². The smallest absolute Gasteiger partial charge is 0.338 e. The summed E-state index contributed by atoms with van der Waals surface area (Å²) in [5.74, 6) is 1.32. The van der Waals surface area contributed by atoms with Gasteiger partial charge < -0.3 is 14.4 Å². The van der Waals surface area contributed by atoms with E-state index in [1.54, 1.807) is 17.4 Å². The van der Waals surface area contributed by atoms with Crippen molar-refractivity contribution in [3.8, 4) is 5.75 Å². The molecule has 0 amide bonds. The van der Waals surface area contributed by atoms with Gasteiger partial charge in [0.25, 0.3) is 0 Å². The number of rotatable bonds is 7. The van der Waals surface area contributed by atoms with E-state index in [0.717, 1.165) is 29.3 Å². The Labute approximate surface area is 179 Å². The van der Waals surface area contributed by atoms with E-state index in [1.165, 1.54) is 12.0 Å². The fraction of sp³-hybridized carbons (Fsp3) is 0.217. The average molecular weight is 422 g/mol. The average Bonchev–Trinajstić information content (AvgIpc) is 3.38. The Morgan fingerprint density at radius 2 is 2.00 bits per heavy atom. The zero-order valence-electron chi connectivity index (χ0n) is 17.2. The van der Waals surface area contributed by atoms with Gasteiger partial charge in [-0.2, -0.15) is 0 Å². The summed E-state index contributed by atoms with van der Waals surface area (Å²) in [6.07, 6.45) is 1.99. The van der Waals surface area contributed by atoms with Gasteiger partial charge in [0.15, 0.2) is 11.4 Å². The molecule has 6 nitrogen and oxygen atoms in total. The number of benzene rings is 1. The van der Waals surface area contributed by atoms with Gasteiger partial charge in [0.2, 0.25) is 0 Å². The highest BCUT2D eigenvalue weighted by molar-refractivity contribution is 7.09. The van der Waals surface area contributed by atoms with Crippen LogP contribution >= 0.6 is 11.3 Å². The molecule has 0 N–H and O–H groups in total. The molecule has 0 saturated heterocycles. The topological polar surface area (TPSA) is 56.1 Å². The number of nitrogens with zero attached hydrogens (tertiary/aromatic N) is 3. The molecule has 3 heterocycles. The summed E-state index contributed by atoms with van der Waals surface area (Å²) >= 11 is 1.74. The highest BCUT2D eigenvalue weighted by Gasteiger charge is 2.17. The van der Waals surface area contributed by atoms with Gasteiger partial charge in [-0.25, -0.2) is 9.78 Å². The molecular formula is C23H23N3O3S. The molecule has 0 fully saturated rings. The van der Waals surface area contributed by atoms with Crippen molar-refractivity contribution >= 4 is 28.8 Å². The van der Waals surface area contributed by atoms with Crippen molar-refractivity contribution in [3.05, 3.63) is 81.8 Å². The molecule has 0 aliphatic heterocycles. The third-order valence-corrected chi connectivity index (χ3v) is 5.76. The Morgan fingerprint density at radius 3 is 2.77 bits per heavy atom. The molecule has 30 heavy (non-hydrogen) atoms. The summed E-state index contributed by atoms with van der Waals surface area (Å²) in [4.78, 5) is 20.3. The van der Waals surface area contributed by atoms with E-state index in [9.17, 15) is 4.79 Å². The Morgan fingerprint density at radius 1 is 1.17 bits per heavy atom. The molecule has 154 valence electrons. The number of ether oxygens (including phenoxy) is 2. The van der Waals surface area contributed by atoms with E-state index in [0.29, 0.717) is 11.3 Å². The van der Waals surface area contributed by atoms with Crippen LogP contribution in [0.15, 0.2) is 60.1 Å². The quantitative estimate of drug-likeness (QED) is 0.405. The number of pyridine rings is 1. The van der Waals surface area contributed by atoms with Crippen molar-refractivity contribution in [1.29, 1.82) is 0 Å². The monoisotopic (exact) mass is 421 g/mol. The highest BCUT2D eigenvalue weighted by atomic mass is 32.1. The predicted octanol–water partition coefficient (Wildman–Crippen LogP) is 4.71. The number of fused-ring (bicyclic) bond motifs is 1. The number of hydrogen-bond donors (Lipinski definition) is 0. The maximum absolute atomic E-state index is 12.0. The zero-order chi connectivity index (χ0) is 21.1. The fourth-order valence-electron chi connectivity index (χ4n) is 3.54. The minimum atomic E-state index is -0.374. The molecule has 0 bridgehead atoms. The largest absolute Gasteiger partial charge is 0.485 e. The molecule has 4 aromatic rings. The summed E-state index contributed by atoms with van der Waals surface area (Å²) in [5.41, 5.74) is 2.95. The summed E-state index contributed by atoms with van der Waals surface area (Å²) < 4.78 is 13.0. The summed E-state index contributed by atoms with van der Waals surface area (Å²) in [6.45, 7) is 3.06. The van der Waals surface area contributed by atoms with Gasteiger partial charge in [-0.3, -0.25) is 4.40 Å². The molecule has 4 rings (SSSR count). The van der Waals surface area contributed by atoms with E-state index in [4.69, 9.17) is 14.5 Å².